The van der Waals surface area contributed by atoms with Gasteiger partial charge in [-0.05, 0) is 49.4 Å². The number of alkyl halides is 3. The van der Waals surface area contributed by atoms with Crippen molar-refractivity contribution in [3.8, 4) is 11.8 Å². The van der Waals surface area contributed by atoms with Crippen LogP contribution in [0.5, 0.6) is 5.75 Å². The molecule has 0 bridgehead atoms. The average Bonchev–Trinajstić information content (AvgIpc) is 3.22. The second kappa shape index (κ2) is 8.31. The highest BCUT2D eigenvalue weighted by molar-refractivity contribution is 6.15. The molecule has 4 rings (SSSR count). The zero-order chi connectivity index (χ0) is 23.8. The van der Waals surface area contributed by atoms with Crippen LogP contribution in [0.25, 0.3) is 0 Å². The molecule has 1 aliphatic heterocycles. The van der Waals surface area contributed by atoms with Gasteiger partial charge in [-0.25, -0.2) is 0 Å². The Hall–Kier alpha value is -4.33. The molecular weight excluding hydrogens is 439 g/mol. The average molecular weight is 455 g/mol. The first-order valence-corrected chi connectivity index (χ1v) is 9.73. The van der Waals surface area contributed by atoms with Gasteiger partial charge in [0.15, 0.2) is 0 Å². The van der Waals surface area contributed by atoms with Crippen LogP contribution in [-0.2, 0) is 0 Å². The van der Waals surface area contributed by atoms with Gasteiger partial charge < -0.3 is 15.0 Å². The van der Waals surface area contributed by atoms with Crippen LogP contribution in [0.1, 0.15) is 39.4 Å². The number of nitrogens with one attached hydrogen (secondary N) is 1. The Morgan fingerprint density at radius 3 is 2.64 bits per heavy atom. The third-order valence-electron chi connectivity index (χ3n) is 4.98. The second-order valence-electron chi connectivity index (χ2n) is 7.30. The number of ether oxygens (including phenoxy) is 1. The highest BCUT2D eigenvalue weighted by atomic mass is 19.4. The SMILES string of the molecule is CC1CN(c2ccc(OC(F)(F)F)cc2)C(=O)c2c(C(=O)Nc3cccc(C#N)c3)cnn21. The summed E-state index contributed by atoms with van der Waals surface area (Å²) in [6.07, 6.45) is -3.53. The lowest BCUT2D eigenvalue weighted by molar-refractivity contribution is -0.274. The van der Waals surface area contributed by atoms with E-state index in [9.17, 15) is 22.8 Å². The van der Waals surface area contributed by atoms with Gasteiger partial charge in [0.2, 0.25) is 0 Å². The first-order valence-electron chi connectivity index (χ1n) is 9.73. The van der Waals surface area contributed by atoms with E-state index in [0.29, 0.717) is 16.9 Å². The van der Waals surface area contributed by atoms with E-state index in [1.165, 1.54) is 34.0 Å². The molecule has 0 aliphatic carbocycles. The Balaban J connectivity index is 1.60. The number of hydrogen-bond donors (Lipinski definition) is 1. The monoisotopic (exact) mass is 455 g/mol. The number of fused-ring (bicyclic) bond motifs is 1. The molecule has 2 aromatic carbocycles. The Morgan fingerprint density at radius 1 is 1.24 bits per heavy atom. The van der Waals surface area contributed by atoms with Crippen LogP contribution in [0.4, 0.5) is 24.5 Å². The van der Waals surface area contributed by atoms with E-state index in [0.717, 1.165) is 12.1 Å². The summed E-state index contributed by atoms with van der Waals surface area (Å²) >= 11 is 0. The van der Waals surface area contributed by atoms with Crippen LogP contribution in [0, 0.1) is 11.3 Å². The molecule has 0 fully saturated rings. The highest BCUT2D eigenvalue weighted by Crippen LogP contribution is 2.30. The summed E-state index contributed by atoms with van der Waals surface area (Å²) in [6.45, 7) is 2.01. The van der Waals surface area contributed by atoms with Crippen molar-refractivity contribution in [3.63, 3.8) is 0 Å². The summed E-state index contributed by atoms with van der Waals surface area (Å²) in [4.78, 5) is 27.5. The Bertz CT molecular complexity index is 1260. The molecule has 0 saturated heterocycles. The molecule has 2 amide bonds. The van der Waals surface area contributed by atoms with E-state index >= 15 is 0 Å². The number of rotatable bonds is 4. The largest absolute Gasteiger partial charge is 0.573 e. The molecule has 168 valence electrons. The smallest absolute Gasteiger partial charge is 0.406 e. The first kappa shape index (κ1) is 21.9. The van der Waals surface area contributed by atoms with Crippen molar-refractivity contribution in [1.29, 1.82) is 5.26 Å². The number of aromatic nitrogens is 2. The van der Waals surface area contributed by atoms with Crippen LogP contribution in [0.3, 0.4) is 0 Å². The van der Waals surface area contributed by atoms with Crippen molar-refractivity contribution < 1.29 is 27.5 Å². The molecule has 0 spiro atoms. The normalized spacial score (nSPS) is 15.5. The zero-order valence-corrected chi connectivity index (χ0v) is 17.1. The van der Waals surface area contributed by atoms with Gasteiger partial charge in [0.25, 0.3) is 11.8 Å². The number of nitriles is 1. The highest BCUT2D eigenvalue weighted by Gasteiger charge is 2.36. The fourth-order valence-corrected chi connectivity index (χ4v) is 3.54. The van der Waals surface area contributed by atoms with Gasteiger partial charge in [0.05, 0.1) is 29.4 Å². The predicted octanol–water partition coefficient (Wildman–Crippen LogP) is 4.13. The van der Waals surface area contributed by atoms with Gasteiger partial charge >= 0.3 is 6.36 Å². The molecule has 0 radical (unpaired) electrons. The standard InChI is InChI=1S/C22H16F3N5O3/c1-13-12-29(16-5-7-17(8-6-16)33-22(23,24)25)21(32)19-18(11-27-30(13)19)20(31)28-15-4-2-3-14(9-15)10-26/h2-9,11,13H,12H2,1H3,(H,28,31). The minimum absolute atomic E-state index is 0.0379. The summed E-state index contributed by atoms with van der Waals surface area (Å²) in [5.74, 6) is -1.51. The van der Waals surface area contributed by atoms with Gasteiger partial charge in [-0.2, -0.15) is 10.4 Å². The van der Waals surface area contributed by atoms with Gasteiger partial charge in [0, 0.05) is 17.9 Å². The lowest BCUT2D eigenvalue weighted by Crippen LogP contribution is -2.43. The maximum atomic E-state index is 13.2. The van der Waals surface area contributed by atoms with Gasteiger partial charge in [-0.15, -0.1) is 13.2 Å². The molecule has 8 nitrogen and oxygen atoms in total. The maximum Gasteiger partial charge on any atom is 0.573 e. The number of carbonyl (C=O) groups excluding carboxylic acids is 2. The van der Waals surface area contributed by atoms with Crippen molar-refractivity contribution in [2.75, 3.05) is 16.8 Å². The van der Waals surface area contributed by atoms with E-state index < -0.39 is 23.9 Å². The Morgan fingerprint density at radius 2 is 1.97 bits per heavy atom. The lowest BCUT2D eigenvalue weighted by atomic mass is 10.1. The number of benzene rings is 2. The number of carbonyl (C=O) groups is 2. The van der Waals surface area contributed by atoms with Crippen molar-refractivity contribution in [2.45, 2.75) is 19.3 Å². The quantitative estimate of drug-likeness (QED) is 0.638. The third-order valence-corrected chi connectivity index (χ3v) is 4.98. The molecule has 1 aliphatic rings. The molecule has 1 N–H and O–H groups in total. The number of halogens is 3. The van der Waals surface area contributed by atoms with Crippen LogP contribution in [-0.4, -0.2) is 34.5 Å². The lowest BCUT2D eigenvalue weighted by Gasteiger charge is -2.32. The van der Waals surface area contributed by atoms with E-state index in [4.69, 9.17) is 5.26 Å². The van der Waals surface area contributed by atoms with Crippen LogP contribution >= 0.6 is 0 Å². The van der Waals surface area contributed by atoms with Crippen LogP contribution in [0.15, 0.2) is 54.7 Å². The van der Waals surface area contributed by atoms with E-state index in [-0.39, 0.29) is 23.8 Å². The summed E-state index contributed by atoms with van der Waals surface area (Å²) in [6, 6.07) is 12.9. The summed E-state index contributed by atoms with van der Waals surface area (Å²) in [5, 5.41) is 15.9. The first-order chi connectivity index (χ1) is 15.7. The molecule has 1 aromatic heterocycles. The topological polar surface area (TPSA) is 100 Å². The Labute approximate surface area is 185 Å². The molecular formula is C22H16F3N5O3. The van der Waals surface area contributed by atoms with Crippen molar-refractivity contribution in [1.82, 2.24) is 9.78 Å². The van der Waals surface area contributed by atoms with E-state index in [2.05, 4.69) is 15.2 Å². The molecule has 1 atom stereocenters. The minimum Gasteiger partial charge on any atom is -0.406 e. The predicted molar refractivity (Wildman–Crippen MR) is 111 cm³/mol. The summed E-state index contributed by atoms with van der Waals surface area (Å²) < 4.78 is 42.5. The maximum absolute atomic E-state index is 13.2. The van der Waals surface area contributed by atoms with Crippen molar-refractivity contribution >= 4 is 23.2 Å². The fourth-order valence-electron chi connectivity index (χ4n) is 3.54. The Kier molecular flexibility index (Phi) is 5.51. The van der Waals surface area contributed by atoms with Crippen LogP contribution in [0.2, 0.25) is 0 Å². The van der Waals surface area contributed by atoms with Gasteiger partial charge in [-0.1, -0.05) is 6.07 Å². The summed E-state index contributed by atoms with van der Waals surface area (Å²) in [5.41, 5.74) is 1.18. The van der Waals surface area contributed by atoms with E-state index in [1.54, 1.807) is 25.1 Å². The molecule has 33 heavy (non-hydrogen) atoms. The zero-order valence-electron chi connectivity index (χ0n) is 17.1. The number of hydrogen-bond acceptors (Lipinski definition) is 5. The fraction of sp³-hybridized carbons (Fsp3) is 0.182. The number of nitrogens with zero attached hydrogens (tertiary/aromatic N) is 4. The minimum atomic E-state index is -4.82. The second-order valence-corrected chi connectivity index (χ2v) is 7.30. The molecule has 0 saturated carbocycles. The van der Waals surface area contributed by atoms with Gasteiger partial charge in [-0.3, -0.25) is 14.3 Å². The summed E-state index contributed by atoms with van der Waals surface area (Å²) in [7, 11) is 0. The molecule has 3 aromatic rings. The number of amides is 2. The van der Waals surface area contributed by atoms with Gasteiger partial charge in [0.1, 0.15) is 11.4 Å². The third kappa shape index (κ3) is 4.50. The van der Waals surface area contributed by atoms with Crippen molar-refractivity contribution in [2.24, 2.45) is 0 Å². The molecule has 11 heteroatoms. The van der Waals surface area contributed by atoms with Crippen LogP contribution < -0.4 is 15.0 Å². The molecule has 2 heterocycles. The molecule has 1 unspecified atom stereocenters. The van der Waals surface area contributed by atoms with E-state index in [1.807, 2.05) is 6.07 Å². The van der Waals surface area contributed by atoms with Crippen molar-refractivity contribution in [3.05, 3.63) is 71.5 Å². The number of anilines is 2.